The van der Waals surface area contributed by atoms with Crippen LogP contribution in [0.5, 0.6) is 11.5 Å². The lowest BCUT2D eigenvalue weighted by molar-refractivity contribution is -0.122. The molecule has 1 saturated heterocycles. The molecule has 28 heavy (non-hydrogen) atoms. The minimum absolute atomic E-state index is 0.247. The Hall–Kier alpha value is -1.82. The number of amides is 3. The average molecular weight is 604 g/mol. The number of nitrogens with one attached hydrogen (secondary N) is 1. The lowest BCUT2D eigenvalue weighted by Gasteiger charge is -2.14. The lowest BCUT2D eigenvalue weighted by atomic mass is 10.1. The number of carbonyl (C=O) groups excluding carboxylic acids is 2. The van der Waals surface area contributed by atoms with Gasteiger partial charge >= 0.3 is 6.03 Å². The normalized spacial score (nSPS) is 15.1. The summed E-state index contributed by atoms with van der Waals surface area (Å²) in [5, 5.41) is 2.60. The second-order valence-electron chi connectivity index (χ2n) is 5.99. The molecular formula is C20H18I2N2O4. The van der Waals surface area contributed by atoms with E-state index in [1.54, 1.807) is 26.2 Å². The average Bonchev–Trinajstić information content (AvgIpc) is 2.94. The van der Waals surface area contributed by atoms with Gasteiger partial charge in [-0.25, -0.2) is 4.79 Å². The Labute approximate surface area is 190 Å². The summed E-state index contributed by atoms with van der Waals surface area (Å²) in [7, 11) is 1.57. The molecule has 2 aromatic carbocycles. The van der Waals surface area contributed by atoms with Crippen LogP contribution in [-0.2, 0) is 11.4 Å². The zero-order valence-electron chi connectivity index (χ0n) is 15.3. The van der Waals surface area contributed by atoms with Crippen molar-refractivity contribution in [3.63, 3.8) is 0 Å². The van der Waals surface area contributed by atoms with Crippen molar-refractivity contribution in [3.05, 3.63) is 60.4 Å². The fourth-order valence-corrected chi connectivity index (χ4v) is 3.87. The number of hydrogen-bond acceptors (Lipinski definition) is 4. The van der Waals surface area contributed by atoms with Gasteiger partial charge < -0.3 is 14.8 Å². The number of benzene rings is 2. The van der Waals surface area contributed by atoms with Gasteiger partial charge in [0.1, 0.15) is 12.3 Å². The summed E-state index contributed by atoms with van der Waals surface area (Å²) in [6, 6.07) is 11.4. The monoisotopic (exact) mass is 604 g/mol. The van der Waals surface area contributed by atoms with E-state index in [4.69, 9.17) is 9.47 Å². The van der Waals surface area contributed by atoms with E-state index in [0.29, 0.717) is 24.7 Å². The summed E-state index contributed by atoms with van der Waals surface area (Å²) in [6.45, 7) is 2.50. The smallest absolute Gasteiger partial charge is 0.328 e. The van der Waals surface area contributed by atoms with Crippen LogP contribution in [0.1, 0.15) is 18.1 Å². The number of methoxy groups -OCH3 is 1. The fourth-order valence-electron chi connectivity index (χ4n) is 2.72. The summed E-state index contributed by atoms with van der Waals surface area (Å²) in [5.41, 5.74) is 2.05. The van der Waals surface area contributed by atoms with Crippen LogP contribution in [0.4, 0.5) is 4.79 Å². The van der Waals surface area contributed by atoms with Crippen molar-refractivity contribution in [2.75, 3.05) is 13.7 Å². The third kappa shape index (κ3) is 4.59. The van der Waals surface area contributed by atoms with Gasteiger partial charge in [0.15, 0.2) is 11.5 Å². The van der Waals surface area contributed by atoms with Crippen LogP contribution in [0.3, 0.4) is 0 Å². The second kappa shape index (κ2) is 9.12. The molecule has 1 N–H and O–H groups in total. The highest BCUT2D eigenvalue weighted by molar-refractivity contribution is 14.1. The van der Waals surface area contributed by atoms with Gasteiger partial charge in [-0.1, -0.05) is 12.1 Å². The third-order valence-corrected chi connectivity index (χ3v) is 5.66. The number of urea groups is 1. The summed E-state index contributed by atoms with van der Waals surface area (Å²) in [6.07, 6.45) is 1.64. The molecule has 3 rings (SSSR count). The molecule has 3 amide bonds. The second-order valence-corrected chi connectivity index (χ2v) is 8.39. The SMILES string of the molecule is CCN1C(=O)N/C(=C/c2cc(I)c(OCc3ccc(I)cc3)c(OC)c2)C1=O. The molecule has 0 aromatic heterocycles. The molecule has 0 radical (unpaired) electrons. The molecule has 1 aliphatic heterocycles. The van der Waals surface area contributed by atoms with Crippen molar-refractivity contribution in [1.82, 2.24) is 10.2 Å². The van der Waals surface area contributed by atoms with Crippen LogP contribution >= 0.6 is 45.2 Å². The van der Waals surface area contributed by atoms with E-state index in [0.717, 1.165) is 19.6 Å². The first-order chi connectivity index (χ1) is 13.4. The zero-order chi connectivity index (χ0) is 20.3. The summed E-state index contributed by atoms with van der Waals surface area (Å²) in [5.74, 6) is 0.870. The van der Waals surface area contributed by atoms with E-state index in [9.17, 15) is 9.59 Å². The molecular weight excluding hydrogens is 586 g/mol. The Balaban J connectivity index is 1.83. The number of rotatable bonds is 6. The highest BCUT2D eigenvalue weighted by atomic mass is 127. The van der Waals surface area contributed by atoms with Gasteiger partial charge in [-0.05, 0) is 93.6 Å². The predicted octanol–water partition coefficient (Wildman–Crippen LogP) is 4.40. The largest absolute Gasteiger partial charge is 0.493 e. The Morgan fingerprint density at radius 2 is 1.86 bits per heavy atom. The maximum Gasteiger partial charge on any atom is 0.328 e. The van der Waals surface area contributed by atoms with Crippen molar-refractivity contribution >= 4 is 63.2 Å². The molecule has 6 nitrogen and oxygen atoms in total. The van der Waals surface area contributed by atoms with Crippen LogP contribution in [0.2, 0.25) is 0 Å². The summed E-state index contributed by atoms with van der Waals surface area (Å²) in [4.78, 5) is 25.2. The van der Waals surface area contributed by atoms with E-state index >= 15 is 0 Å². The number of likely N-dealkylation sites (N-methyl/N-ethyl adjacent to an activating group) is 1. The number of ether oxygens (including phenoxy) is 2. The molecule has 0 aliphatic carbocycles. The van der Waals surface area contributed by atoms with E-state index in [2.05, 4.69) is 50.5 Å². The molecule has 0 unspecified atom stereocenters. The number of nitrogens with zero attached hydrogens (tertiary/aromatic N) is 1. The predicted molar refractivity (Wildman–Crippen MR) is 123 cm³/mol. The van der Waals surface area contributed by atoms with Gasteiger partial charge in [0, 0.05) is 10.1 Å². The Kier molecular flexibility index (Phi) is 6.81. The molecule has 8 heteroatoms. The molecule has 2 aromatic rings. The molecule has 1 fully saturated rings. The van der Waals surface area contributed by atoms with Crippen LogP contribution in [0.15, 0.2) is 42.1 Å². The fraction of sp³-hybridized carbons (Fsp3) is 0.200. The zero-order valence-corrected chi connectivity index (χ0v) is 19.6. The topological polar surface area (TPSA) is 67.9 Å². The molecule has 1 aliphatic rings. The van der Waals surface area contributed by atoms with Gasteiger partial charge in [0.05, 0.1) is 10.7 Å². The minimum atomic E-state index is -0.405. The van der Waals surface area contributed by atoms with Crippen LogP contribution in [0, 0.1) is 7.14 Å². The van der Waals surface area contributed by atoms with Crippen LogP contribution < -0.4 is 14.8 Å². The highest BCUT2D eigenvalue weighted by Gasteiger charge is 2.32. The number of halogens is 2. The highest BCUT2D eigenvalue weighted by Crippen LogP contribution is 2.35. The minimum Gasteiger partial charge on any atom is -0.493 e. The first kappa shape index (κ1) is 20.9. The Bertz CT molecular complexity index is 942. The van der Waals surface area contributed by atoms with Gasteiger partial charge in [0.25, 0.3) is 5.91 Å². The quantitative estimate of drug-likeness (QED) is 0.302. The Morgan fingerprint density at radius 1 is 1.14 bits per heavy atom. The van der Waals surface area contributed by atoms with Crippen molar-refractivity contribution < 1.29 is 19.1 Å². The molecule has 0 spiro atoms. The number of imide groups is 1. The van der Waals surface area contributed by atoms with Gasteiger partial charge in [-0.2, -0.15) is 0 Å². The first-order valence-corrected chi connectivity index (χ1v) is 10.7. The van der Waals surface area contributed by atoms with Gasteiger partial charge in [0.2, 0.25) is 0 Å². The van der Waals surface area contributed by atoms with E-state index < -0.39 is 6.03 Å². The third-order valence-electron chi connectivity index (χ3n) is 4.14. The molecule has 146 valence electrons. The van der Waals surface area contributed by atoms with Crippen molar-refractivity contribution in [2.24, 2.45) is 0 Å². The maximum atomic E-state index is 12.3. The van der Waals surface area contributed by atoms with Crippen LogP contribution in [-0.4, -0.2) is 30.5 Å². The van der Waals surface area contributed by atoms with E-state index in [1.165, 1.54) is 3.57 Å². The van der Waals surface area contributed by atoms with Crippen molar-refractivity contribution in [2.45, 2.75) is 13.5 Å². The maximum absolute atomic E-state index is 12.3. The van der Waals surface area contributed by atoms with E-state index in [1.807, 2.05) is 30.3 Å². The number of hydrogen-bond donors (Lipinski definition) is 1. The van der Waals surface area contributed by atoms with Crippen LogP contribution in [0.25, 0.3) is 6.08 Å². The molecule has 0 bridgehead atoms. The van der Waals surface area contributed by atoms with E-state index in [-0.39, 0.29) is 11.6 Å². The van der Waals surface area contributed by atoms with Gasteiger partial charge in [-0.3, -0.25) is 9.69 Å². The van der Waals surface area contributed by atoms with Gasteiger partial charge in [-0.15, -0.1) is 0 Å². The van der Waals surface area contributed by atoms with Crippen molar-refractivity contribution in [3.8, 4) is 11.5 Å². The number of carbonyl (C=O) groups is 2. The lowest BCUT2D eigenvalue weighted by Crippen LogP contribution is -2.30. The summed E-state index contributed by atoms with van der Waals surface area (Å²) < 4.78 is 13.5. The molecule has 1 heterocycles. The standard InChI is InChI=1S/C20H18I2N2O4/c1-3-24-19(25)16(23-20(24)26)9-13-8-15(22)18(17(10-13)27-2)28-11-12-4-6-14(21)7-5-12/h4-10H,3,11H2,1-2H3,(H,23,26)/b16-9+. The molecule has 0 atom stereocenters. The molecule has 0 saturated carbocycles. The summed E-state index contributed by atoms with van der Waals surface area (Å²) >= 11 is 4.43. The van der Waals surface area contributed by atoms with Crippen molar-refractivity contribution in [1.29, 1.82) is 0 Å². The Morgan fingerprint density at radius 3 is 2.46 bits per heavy atom. The first-order valence-electron chi connectivity index (χ1n) is 8.52.